The minimum atomic E-state index is 0.0426. The van der Waals surface area contributed by atoms with Crippen molar-refractivity contribution in [2.45, 2.75) is 48.2 Å². The molecule has 1 N–H and O–H groups in total. The Morgan fingerprint density at radius 2 is 2.21 bits per heavy atom. The van der Waals surface area contributed by atoms with Gasteiger partial charge in [0.15, 0.2) is 0 Å². The van der Waals surface area contributed by atoms with E-state index in [9.17, 15) is 4.79 Å². The number of hydrogen-bond acceptors (Lipinski definition) is 6. The Kier molecular flexibility index (Phi) is 4.40. The molecule has 3 saturated heterocycles. The lowest BCUT2D eigenvalue weighted by Gasteiger charge is -2.49. The van der Waals surface area contributed by atoms with Crippen molar-refractivity contribution in [3.8, 4) is 0 Å². The van der Waals surface area contributed by atoms with E-state index in [2.05, 4.69) is 22.1 Å². The number of amides is 1. The van der Waals surface area contributed by atoms with Gasteiger partial charge in [0.05, 0.1) is 14.8 Å². The van der Waals surface area contributed by atoms with Crippen molar-refractivity contribution in [3.63, 3.8) is 0 Å². The van der Waals surface area contributed by atoms with Gasteiger partial charge >= 0.3 is 0 Å². The van der Waals surface area contributed by atoms with Crippen LogP contribution in [0.1, 0.15) is 35.1 Å². The van der Waals surface area contributed by atoms with Gasteiger partial charge in [-0.15, -0.1) is 11.3 Å². The topological polar surface area (TPSA) is 58.4 Å². The predicted octanol–water partition coefficient (Wildman–Crippen LogP) is 3.41. The minimum Gasteiger partial charge on any atom is -0.439 e. The average molecular weight is 364 g/mol. The number of hydrogen-bond donors (Lipinski definition) is 1. The third kappa shape index (κ3) is 3.12. The molecule has 2 bridgehead atoms. The average Bonchev–Trinajstić information content (AvgIpc) is 3.21. The zero-order chi connectivity index (χ0) is 16.7. The molecule has 3 fully saturated rings. The molecule has 3 aliphatic rings. The lowest BCUT2D eigenvalue weighted by Crippen LogP contribution is -2.62. The Labute approximate surface area is 149 Å². The Morgan fingerprint density at radius 3 is 2.88 bits per heavy atom. The van der Waals surface area contributed by atoms with Crippen LogP contribution < -0.4 is 5.32 Å². The van der Waals surface area contributed by atoms with E-state index in [1.807, 2.05) is 19.1 Å². The summed E-state index contributed by atoms with van der Waals surface area (Å²) in [5.74, 6) is 0.666. The molecule has 2 aromatic heterocycles. The number of fused-ring (bicyclic) bond motifs is 3. The Bertz CT molecular complexity index is 732. The van der Waals surface area contributed by atoms with Gasteiger partial charge in [-0.3, -0.25) is 9.69 Å². The van der Waals surface area contributed by atoms with Crippen LogP contribution in [0.5, 0.6) is 0 Å². The Morgan fingerprint density at radius 1 is 1.42 bits per heavy atom. The zero-order valence-electron chi connectivity index (χ0n) is 13.8. The maximum atomic E-state index is 12.6. The molecule has 2 atom stereocenters. The highest BCUT2D eigenvalue weighted by Crippen LogP contribution is 2.34. The first-order valence-corrected chi connectivity index (χ1v) is 9.98. The summed E-state index contributed by atoms with van der Waals surface area (Å²) in [6.45, 7) is 6.48. The normalized spacial score (nSPS) is 28.9. The number of carbonyl (C=O) groups excluding carboxylic acids is 1. The van der Waals surface area contributed by atoms with E-state index in [1.54, 1.807) is 6.26 Å². The lowest BCUT2D eigenvalue weighted by molar-refractivity contribution is 0.0218. The second kappa shape index (κ2) is 6.54. The van der Waals surface area contributed by atoms with Crippen LogP contribution in [-0.2, 0) is 0 Å². The molecule has 0 radical (unpaired) electrons. The second-order valence-corrected chi connectivity index (χ2v) is 8.92. The highest BCUT2D eigenvalue weighted by atomic mass is 32.2. The van der Waals surface area contributed by atoms with Gasteiger partial charge in [0.1, 0.15) is 6.26 Å². The van der Waals surface area contributed by atoms with Crippen molar-refractivity contribution in [1.29, 1.82) is 0 Å². The largest absolute Gasteiger partial charge is 0.439 e. The summed E-state index contributed by atoms with van der Waals surface area (Å²) < 4.78 is 6.38. The van der Waals surface area contributed by atoms with Crippen LogP contribution >= 0.6 is 23.1 Å². The standard InChI is InChI=1S/C17H21N3O2S2/c1-10-9-22-17(18-10)24-14-4-3-13(23-14)16(21)19-15-11(2)20-7-5-12(15)6-8-20/h3-4,9,11-12,15H,5-8H2,1-2H3,(H,19,21). The summed E-state index contributed by atoms with van der Waals surface area (Å²) in [5, 5.41) is 3.90. The van der Waals surface area contributed by atoms with Crippen molar-refractivity contribution in [1.82, 2.24) is 15.2 Å². The molecule has 0 saturated carbocycles. The first-order chi connectivity index (χ1) is 11.6. The van der Waals surface area contributed by atoms with Crippen molar-refractivity contribution in [2.75, 3.05) is 13.1 Å². The van der Waals surface area contributed by atoms with Gasteiger partial charge in [-0.1, -0.05) is 0 Å². The molecule has 0 aromatic carbocycles. The van der Waals surface area contributed by atoms with Crippen LogP contribution in [-0.4, -0.2) is 41.0 Å². The third-order valence-corrected chi connectivity index (χ3v) is 7.14. The summed E-state index contributed by atoms with van der Waals surface area (Å²) in [5.41, 5.74) is 0.864. The summed E-state index contributed by atoms with van der Waals surface area (Å²) in [6.07, 6.45) is 4.03. The molecule has 1 amide bonds. The SMILES string of the molecule is Cc1coc(Sc2ccc(C(=O)NC3C4CCN(CC4)C3C)s2)n1. The minimum absolute atomic E-state index is 0.0426. The molecule has 0 aliphatic carbocycles. The summed E-state index contributed by atoms with van der Waals surface area (Å²) in [7, 11) is 0. The molecule has 5 heterocycles. The van der Waals surface area contributed by atoms with E-state index in [4.69, 9.17) is 4.42 Å². The summed E-state index contributed by atoms with van der Waals surface area (Å²) >= 11 is 2.95. The van der Waals surface area contributed by atoms with Crippen LogP contribution in [0.4, 0.5) is 0 Å². The van der Waals surface area contributed by atoms with Gasteiger partial charge in [-0.05, 0) is 69.6 Å². The van der Waals surface area contributed by atoms with E-state index in [1.165, 1.54) is 49.0 Å². The number of thiophene rings is 1. The number of carbonyl (C=O) groups is 1. The molecule has 0 spiro atoms. The van der Waals surface area contributed by atoms with Gasteiger partial charge in [-0.2, -0.15) is 0 Å². The molecule has 2 aromatic rings. The molecular weight excluding hydrogens is 342 g/mol. The molecule has 24 heavy (non-hydrogen) atoms. The van der Waals surface area contributed by atoms with E-state index in [0.717, 1.165) is 14.8 Å². The van der Waals surface area contributed by atoms with Crippen molar-refractivity contribution in [3.05, 3.63) is 29.0 Å². The number of piperidine rings is 3. The molecule has 128 valence electrons. The highest BCUT2D eigenvalue weighted by molar-refractivity contribution is 8.01. The number of oxazole rings is 1. The highest BCUT2D eigenvalue weighted by Gasteiger charge is 2.40. The number of nitrogens with one attached hydrogen (secondary N) is 1. The van der Waals surface area contributed by atoms with Gasteiger partial charge < -0.3 is 9.73 Å². The first kappa shape index (κ1) is 16.2. The number of aryl methyl sites for hydroxylation is 1. The van der Waals surface area contributed by atoms with Crippen molar-refractivity contribution < 1.29 is 9.21 Å². The smallest absolute Gasteiger partial charge is 0.261 e. The van der Waals surface area contributed by atoms with Gasteiger partial charge in [0, 0.05) is 12.1 Å². The lowest BCUT2D eigenvalue weighted by atomic mass is 9.79. The quantitative estimate of drug-likeness (QED) is 0.902. The first-order valence-electron chi connectivity index (χ1n) is 8.35. The Hall–Kier alpha value is -1.31. The van der Waals surface area contributed by atoms with Crippen LogP contribution in [0.2, 0.25) is 0 Å². The van der Waals surface area contributed by atoms with Gasteiger partial charge in [0.25, 0.3) is 11.1 Å². The van der Waals surface area contributed by atoms with Crippen LogP contribution in [0.15, 0.2) is 32.2 Å². The third-order valence-electron chi connectivity index (χ3n) is 5.07. The van der Waals surface area contributed by atoms with E-state index in [-0.39, 0.29) is 11.9 Å². The monoisotopic (exact) mass is 363 g/mol. The van der Waals surface area contributed by atoms with E-state index in [0.29, 0.717) is 17.2 Å². The predicted molar refractivity (Wildman–Crippen MR) is 94.7 cm³/mol. The van der Waals surface area contributed by atoms with Gasteiger partial charge in [-0.25, -0.2) is 4.98 Å². The van der Waals surface area contributed by atoms with Crippen molar-refractivity contribution in [2.24, 2.45) is 5.92 Å². The van der Waals surface area contributed by atoms with Crippen LogP contribution in [0.3, 0.4) is 0 Å². The van der Waals surface area contributed by atoms with Crippen molar-refractivity contribution >= 4 is 29.0 Å². The molecule has 3 aliphatic heterocycles. The fourth-order valence-electron chi connectivity index (χ4n) is 3.73. The fraction of sp³-hybridized carbons (Fsp3) is 0.529. The molecule has 5 nitrogen and oxygen atoms in total. The van der Waals surface area contributed by atoms with E-state index >= 15 is 0 Å². The summed E-state index contributed by atoms with van der Waals surface area (Å²) in [4.78, 5) is 20.2. The van der Waals surface area contributed by atoms with Crippen LogP contribution in [0, 0.1) is 12.8 Å². The zero-order valence-corrected chi connectivity index (χ0v) is 15.5. The molecular formula is C17H21N3O2S2. The molecule has 5 rings (SSSR count). The number of rotatable bonds is 4. The molecule has 7 heteroatoms. The Balaban J connectivity index is 1.41. The number of nitrogens with zero attached hydrogens (tertiary/aromatic N) is 2. The van der Waals surface area contributed by atoms with Gasteiger partial charge in [0.2, 0.25) is 0 Å². The second-order valence-electron chi connectivity index (χ2n) is 6.59. The maximum absolute atomic E-state index is 12.6. The maximum Gasteiger partial charge on any atom is 0.261 e. The van der Waals surface area contributed by atoms with E-state index < -0.39 is 0 Å². The fourth-order valence-corrected chi connectivity index (χ4v) is 5.61. The summed E-state index contributed by atoms with van der Waals surface area (Å²) in [6, 6.07) is 4.56. The number of aromatic nitrogens is 1. The molecule has 2 unspecified atom stereocenters. The van der Waals surface area contributed by atoms with Crippen LogP contribution in [0.25, 0.3) is 0 Å².